The Labute approximate surface area is 152 Å². The van der Waals surface area contributed by atoms with E-state index in [1.165, 1.54) is 12.8 Å². The predicted octanol–water partition coefficient (Wildman–Crippen LogP) is 3.77. The fourth-order valence-electron chi connectivity index (χ4n) is 3.63. The predicted molar refractivity (Wildman–Crippen MR) is 100 cm³/mol. The summed E-state index contributed by atoms with van der Waals surface area (Å²) in [6, 6.07) is 10.2. The number of aromatic amines is 1. The normalized spacial score (nSPS) is 15.0. The second-order valence-corrected chi connectivity index (χ2v) is 6.93. The number of hydrogen-bond donors (Lipinski definition) is 1. The summed E-state index contributed by atoms with van der Waals surface area (Å²) in [7, 11) is 0. The van der Waals surface area contributed by atoms with Gasteiger partial charge in [0.25, 0.3) is 5.56 Å². The minimum absolute atomic E-state index is 0.100. The molecule has 2 heterocycles. The molecule has 0 amide bonds. The van der Waals surface area contributed by atoms with Crippen LogP contribution in [0.25, 0.3) is 11.2 Å². The van der Waals surface area contributed by atoms with Crippen molar-refractivity contribution in [1.29, 1.82) is 0 Å². The van der Waals surface area contributed by atoms with Crippen molar-refractivity contribution in [3.05, 3.63) is 52.1 Å². The molecule has 0 bridgehead atoms. The van der Waals surface area contributed by atoms with Crippen LogP contribution in [0.4, 0.5) is 0 Å². The maximum Gasteiger partial charge on any atom is 0.301 e. The quantitative estimate of drug-likeness (QED) is 0.733. The SMILES string of the molecule is CCCn1c(OCc2ccccc2)nc2nc(C3CCCC3)[nH]c2c1=O. The van der Waals surface area contributed by atoms with E-state index >= 15 is 0 Å². The van der Waals surface area contributed by atoms with Gasteiger partial charge in [0.15, 0.2) is 11.2 Å². The van der Waals surface area contributed by atoms with Crippen LogP contribution in [0.1, 0.15) is 56.3 Å². The van der Waals surface area contributed by atoms with Crippen molar-refractivity contribution in [3.8, 4) is 6.01 Å². The summed E-state index contributed by atoms with van der Waals surface area (Å²) in [6.07, 6.45) is 5.53. The zero-order valence-electron chi connectivity index (χ0n) is 15.1. The number of benzene rings is 1. The lowest BCUT2D eigenvalue weighted by molar-refractivity contribution is 0.261. The van der Waals surface area contributed by atoms with Crippen LogP contribution >= 0.6 is 0 Å². The van der Waals surface area contributed by atoms with Crippen molar-refractivity contribution < 1.29 is 4.74 Å². The zero-order chi connectivity index (χ0) is 17.9. The molecule has 6 heteroatoms. The summed E-state index contributed by atoms with van der Waals surface area (Å²) >= 11 is 0. The molecule has 6 nitrogen and oxygen atoms in total. The van der Waals surface area contributed by atoms with E-state index in [1.807, 2.05) is 37.3 Å². The lowest BCUT2D eigenvalue weighted by atomic mass is 10.1. The van der Waals surface area contributed by atoms with Gasteiger partial charge in [0.05, 0.1) is 0 Å². The second kappa shape index (κ2) is 7.32. The molecule has 0 radical (unpaired) electrons. The van der Waals surface area contributed by atoms with Gasteiger partial charge in [-0.2, -0.15) is 4.98 Å². The van der Waals surface area contributed by atoms with E-state index in [9.17, 15) is 4.79 Å². The first-order chi connectivity index (χ1) is 12.8. The highest BCUT2D eigenvalue weighted by Gasteiger charge is 2.23. The van der Waals surface area contributed by atoms with Crippen LogP contribution in [-0.4, -0.2) is 19.5 Å². The molecule has 1 N–H and O–H groups in total. The van der Waals surface area contributed by atoms with Gasteiger partial charge in [-0.15, -0.1) is 0 Å². The number of nitrogens with one attached hydrogen (secondary N) is 1. The highest BCUT2D eigenvalue weighted by molar-refractivity contribution is 5.70. The Morgan fingerprint density at radius 3 is 2.69 bits per heavy atom. The summed E-state index contributed by atoms with van der Waals surface area (Å²) in [5.41, 5.74) is 1.90. The number of nitrogens with zero attached hydrogens (tertiary/aromatic N) is 3. The van der Waals surface area contributed by atoms with Gasteiger partial charge in [-0.3, -0.25) is 9.36 Å². The first kappa shape index (κ1) is 16.8. The fraction of sp³-hybridized carbons (Fsp3) is 0.450. The molecule has 1 aromatic carbocycles. The molecule has 0 atom stereocenters. The van der Waals surface area contributed by atoms with E-state index in [1.54, 1.807) is 4.57 Å². The Kier molecular flexibility index (Phi) is 4.73. The number of rotatable bonds is 6. The molecule has 3 aromatic rings. The maximum absolute atomic E-state index is 13.0. The van der Waals surface area contributed by atoms with Crippen LogP contribution < -0.4 is 10.3 Å². The van der Waals surface area contributed by atoms with E-state index in [2.05, 4.69) is 15.0 Å². The van der Waals surface area contributed by atoms with E-state index in [4.69, 9.17) is 4.74 Å². The smallest absolute Gasteiger partial charge is 0.301 e. The molecule has 1 aliphatic carbocycles. The second-order valence-electron chi connectivity index (χ2n) is 6.93. The van der Waals surface area contributed by atoms with Gasteiger partial charge in [-0.05, 0) is 24.8 Å². The third kappa shape index (κ3) is 3.23. The summed E-state index contributed by atoms with van der Waals surface area (Å²) in [5, 5.41) is 0. The molecule has 1 fully saturated rings. The zero-order valence-corrected chi connectivity index (χ0v) is 15.1. The lowest BCUT2D eigenvalue weighted by Crippen LogP contribution is -2.23. The van der Waals surface area contributed by atoms with E-state index < -0.39 is 0 Å². The summed E-state index contributed by atoms with van der Waals surface area (Å²) in [4.78, 5) is 25.4. The lowest BCUT2D eigenvalue weighted by Gasteiger charge is -2.11. The van der Waals surface area contributed by atoms with Gasteiger partial charge >= 0.3 is 6.01 Å². The van der Waals surface area contributed by atoms with Crippen molar-refractivity contribution in [2.24, 2.45) is 0 Å². The van der Waals surface area contributed by atoms with Crippen molar-refractivity contribution in [2.45, 2.75) is 58.1 Å². The highest BCUT2D eigenvalue weighted by Crippen LogP contribution is 2.32. The molecule has 1 aliphatic rings. The van der Waals surface area contributed by atoms with Crippen LogP contribution in [0.3, 0.4) is 0 Å². The molecular formula is C20H24N4O2. The Balaban J connectivity index is 1.70. The van der Waals surface area contributed by atoms with E-state index in [0.717, 1.165) is 30.7 Å². The average Bonchev–Trinajstić information content (AvgIpc) is 3.33. The fourth-order valence-corrected chi connectivity index (χ4v) is 3.63. The number of ether oxygens (including phenoxy) is 1. The molecule has 1 saturated carbocycles. The van der Waals surface area contributed by atoms with Crippen LogP contribution in [0.5, 0.6) is 6.01 Å². The molecule has 26 heavy (non-hydrogen) atoms. The van der Waals surface area contributed by atoms with Gasteiger partial charge in [-0.1, -0.05) is 50.1 Å². The number of fused-ring (bicyclic) bond motifs is 1. The van der Waals surface area contributed by atoms with Gasteiger partial charge in [0.2, 0.25) is 0 Å². The molecular weight excluding hydrogens is 328 g/mol. The minimum atomic E-state index is -0.100. The molecule has 0 aliphatic heterocycles. The highest BCUT2D eigenvalue weighted by atomic mass is 16.5. The van der Waals surface area contributed by atoms with Crippen molar-refractivity contribution in [3.63, 3.8) is 0 Å². The molecule has 4 rings (SSSR count). The van der Waals surface area contributed by atoms with Crippen molar-refractivity contribution >= 4 is 11.2 Å². The first-order valence-corrected chi connectivity index (χ1v) is 9.43. The third-order valence-corrected chi connectivity index (χ3v) is 4.99. The van der Waals surface area contributed by atoms with E-state index in [-0.39, 0.29) is 5.56 Å². The third-order valence-electron chi connectivity index (χ3n) is 4.99. The van der Waals surface area contributed by atoms with Crippen molar-refractivity contribution in [2.75, 3.05) is 0 Å². The maximum atomic E-state index is 13.0. The van der Waals surface area contributed by atoms with E-state index in [0.29, 0.717) is 36.2 Å². The van der Waals surface area contributed by atoms with Crippen LogP contribution in [-0.2, 0) is 13.2 Å². The molecule has 0 unspecified atom stereocenters. The van der Waals surface area contributed by atoms with Gasteiger partial charge in [0, 0.05) is 12.5 Å². The Morgan fingerprint density at radius 1 is 1.19 bits per heavy atom. The molecule has 0 saturated heterocycles. The molecule has 0 spiro atoms. The Bertz CT molecular complexity index is 940. The van der Waals surface area contributed by atoms with Crippen LogP contribution in [0.15, 0.2) is 35.1 Å². The largest absolute Gasteiger partial charge is 0.460 e. The van der Waals surface area contributed by atoms with Gasteiger partial charge in [-0.25, -0.2) is 4.98 Å². The minimum Gasteiger partial charge on any atom is -0.460 e. The summed E-state index contributed by atoms with van der Waals surface area (Å²) in [5.74, 6) is 1.31. The molecule has 2 aromatic heterocycles. The Hall–Kier alpha value is -2.63. The Morgan fingerprint density at radius 2 is 1.96 bits per heavy atom. The van der Waals surface area contributed by atoms with Crippen LogP contribution in [0, 0.1) is 0 Å². The summed E-state index contributed by atoms with van der Waals surface area (Å²) < 4.78 is 7.51. The number of hydrogen-bond acceptors (Lipinski definition) is 4. The van der Waals surface area contributed by atoms with Gasteiger partial charge in [0.1, 0.15) is 12.4 Å². The molecule has 136 valence electrons. The van der Waals surface area contributed by atoms with Crippen molar-refractivity contribution in [1.82, 2.24) is 19.5 Å². The van der Waals surface area contributed by atoms with Crippen LogP contribution in [0.2, 0.25) is 0 Å². The number of imidazole rings is 1. The number of H-pyrrole nitrogens is 1. The number of aromatic nitrogens is 4. The topological polar surface area (TPSA) is 72.8 Å². The summed E-state index contributed by atoms with van der Waals surface area (Å²) in [6.45, 7) is 2.99. The first-order valence-electron chi connectivity index (χ1n) is 9.43. The monoisotopic (exact) mass is 352 g/mol. The standard InChI is InChI=1S/C20H24N4O2/c1-2-12-24-19(25)16-18(22-17(21-16)15-10-6-7-11-15)23-20(24)26-13-14-8-4-3-5-9-14/h3-5,8-9,15H,2,6-7,10-13H2,1H3,(H,21,22). The van der Waals surface area contributed by atoms with Gasteiger partial charge < -0.3 is 9.72 Å². The average molecular weight is 352 g/mol.